The summed E-state index contributed by atoms with van der Waals surface area (Å²) in [6.07, 6.45) is 2.99. The van der Waals surface area contributed by atoms with Gasteiger partial charge in [0.15, 0.2) is 0 Å². The van der Waals surface area contributed by atoms with E-state index in [0.717, 1.165) is 17.9 Å². The molecule has 1 heterocycles. The summed E-state index contributed by atoms with van der Waals surface area (Å²) < 4.78 is 0. The number of benzene rings is 1. The summed E-state index contributed by atoms with van der Waals surface area (Å²) in [7, 11) is 0. The van der Waals surface area contributed by atoms with Crippen LogP contribution in [0.1, 0.15) is 23.7 Å². The van der Waals surface area contributed by atoms with Gasteiger partial charge in [0, 0.05) is 17.0 Å². The normalized spacial score (nSPS) is 23.4. The van der Waals surface area contributed by atoms with E-state index in [1.54, 1.807) is 16.7 Å². The highest BCUT2D eigenvalue weighted by Gasteiger charge is 2.34. The molecule has 4 heteroatoms. The lowest BCUT2D eigenvalue weighted by Gasteiger charge is -2.25. The van der Waals surface area contributed by atoms with Crippen LogP contribution < -0.4 is 0 Å². The Kier molecular flexibility index (Phi) is 4.30. The number of rotatable bonds is 3. The minimum absolute atomic E-state index is 0.0299. The van der Waals surface area contributed by atoms with Crippen LogP contribution in [0.2, 0.25) is 0 Å². The molecule has 98 valence electrons. The lowest BCUT2D eigenvalue weighted by atomic mass is 10.0. The summed E-state index contributed by atoms with van der Waals surface area (Å²) in [5.74, 6) is 0.412. The van der Waals surface area contributed by atoms with Gasteiger partial charge >= 0.3 is 0 Å². The monoisotopic (exact) mass is 265 g/mol. The van der Waals surface area contributed by atoms with E-state index in [-0.39, 0.29) is 18.6 Å². The van der Waals surface area contributed by atoms with Crippen LogP contribution >= 0.6 is 11.8 Å². The van der Waals surface area contributed by atoms with Crippen molar-refractivity contribution in [3.05, 3.63) is 29.8 Å². The number of carbonyl (C=O) groups is 1. The fraction of sp³-hybridized carbons (Fsp3) is 0.500. The number of thioether (sulfide) groups is 1. The second-order valence-corrected chi connectivity index (χ2v) is 5.62. The number of likely N-dealkylation sites (tertiary alicyclic amines) is 1. The Morgan fingerprint density at radius 3 is 2.67 bits per heavy atom. The fourth-order valence-corrected chi connectivity index (χ4v) is 2.85. The first-order valence-corrected chi connectivity index (χ1v) is 7.45. The van der Waals surface area contributed by atoms with E-state index < -0.39 is 0 Å². The molecule has 0 bridgehead atoms. The largest absolute Gasteiger partial charge is 0.394 e. The SMILES string of the molecule is CSc1ccc(C(=O)N2CCC(C)C2CO)cc1. The average molecular weight is 265 g/mol. The smallest absolute Gasteiger partial charge is 0.254 e. The van der Waals surface area contributed by atoms with Gasteiger partial charge < -0.3 is 10.0 Å². The van der Waals surface area contributed by atoms with Crippen molar-refractivity contribution in [3.8, 4) is 0 Å². The molecular weight excluding hydrogens is 246 g/mol. The van der Waals surface area contributed by atoms with Gasteiger partial charge in [0.2, 0.25) is 0 Å². The van der Waals surface area contributed by atoms with Crippen molar-refractivity contribution in [3.63, 3.8) is 0 Å². The topological polar surface area (TPSA) is 40.5 Å². The van der Waals surface area contributed by atoms with Crippen molar-refractivity contribution in [2.45, 2.75) is 24.3 Å². The van der Waals surface area contributed by atoms with Crippen LogP contribution in [-0.2, 0) is 0 Å². The first-order valence-electron chi connectivity index (χ1n) is 6.23. The lowest BCUT2D eigenvalue weighted by molar-refractivity contribution is 0.0648. The van der Waals surface area contributed by atoms with E-state index in [2.05, 4.69) is 6.92 Å². The summed E-state index contributed by atoms with van der Waals surface area (Å²) in [5.41, 5.74) is 0.709. The number of nitrogens with zero attached hydrogens (tertiary/aromatic N) is 1. The minimum Gasteiger partial charge on any atom is -0.394 e. The molecule has 0 spiro atoms. The molecule has 1 aliphatic heterocycles. The van der Waals surface area contributed by atoms with Crippen molar-refractivity contribution in [2.75, 3.05) is 19.4 Å². The maximum Gasteiger partial charge on any atom is 0.254 e. The van der Waals surface area contributed by atoms with Gasteiger partial charge in [0.25, 0.3) is 5.91 Å². The predicted octanol–water partition coefficient (Wildman–Crippen LogP) is 2.25. The molecule has 2 atom stereocenters. The van der Waals surface area contributed by atoms with Crippen LogP contribution in [0.3, 0.4) is 0 Å². The number of aliphatic hydroxyl groups excluding tert-OH is 1. The molecule has 1 saturated heterocycles. The predicted molar refractivity (Wildman–Crippen MR) is 73.9 cm³/mol. The van der Waals surface area contributed by atoms with Gasteiger partial charge in [-0.2, -0.15) is 0 Å². The third-order valence-electron chi connectivity index (χ3n) is 3.67. The quantitative estimate of drug-likeness (QED) is 0.852. The first kappa shape index (κ1) is 13.4. The van der Waals surface area contributed by atoms with Crippen LogP contribution in [0.15, 0.2) is 29.2 Å². The first-order chi connectivity index (χ1) is 8.67. The van der Waals surface area contributed by atoms with Gasteiger partial charge in [0.05, 0.1) is 12.6 Å². The van der Waals surface area contributed by atoms with E-state index in [9.17, 15) is 9.90 Å². The molecular formula is C14H19NO2S. The van der Waals surface area contributed by atoms with Crippen LogP contribution in [0.25, 0.3) is 0 Å². The number of hydrogen-bond donors (Lipinski definition) is 1. The van der Waals surface area contributed by atoms with Crippen molar-refractivity contribution in [1.82, 2.24) is 4.90 Å². The number of amides is 1. The maximum absolute atomic E-state index is 12.4. The zero-order chi connectivity index (χ0) is 13.1. The number of aliphatic hydroxyl groups is 1. The van der Waals surface area contributed by atoms with Crippen molar-refractivity contribution < 1.29 is 9.90 Å². The average Bonchev–Trinajstić information content (AvgIpc) is 2.79. The van der Waals surface area contributed by atoms with E-state index in [0.29, 0.717) is 11.5 Å². The molecule has 1 fully saturated rings. The summed E-state index contributed by atoms with van der Waals surface area (Å²) >= 11 is 1.66. The lowest BCUT2D eigenvalue weighted by Crippen LogP contribution is -2.39. The highest BCUT2D eigenvalue weighted by Crippen LogP contribution is 2.25. The Morgan fingerprint density at radius 2 is 2.11 bits per heavy atom. The summed E-state index contributed by atoms with van der Waals surface area (Å²) in [6, 6.07) is 7.63. The van der Waals surface area contributed by atoms with Gasteiger partial charge in [-0.15, -0.1) is 11.8 Å². The van der Waals surface area contributed by atoms with E-state index in [1.807, 2.05) is 30.5 Å². The van der Waals surface area contributed by atoms with Crippen LogP contribution in [0.5, 0.6) is 0 Å². The van der Waals surface area contributed by atoms with Crippen molar-refractivity contribution >= 4 is 17.7 Å². The number of hydrogen-bond acceptors (Lipinski definition) is 3. The molecule has 0 aliphatic carbocycles. The van der Waals surface area contributed by atoms with Crippen molar-refractivity contribution in [2.24, 2.45) is 5.92 Å². The second-order valence-electron chi connectivity index (χ2n) is 4.74. The third-order valence-corrected chi connectivity index (χ3v) is 4.41. The molecule has 1 amide bonds. The molecule has 0 aromatic heterocycles. The van der Waals surface area contributed by atoms with Gasteiger partial charge in [-0.05, 0) is 42.9 Å². The molecule has 1 aliphatic rings. The molecule has 18 heavy (non-hydrogen) atoms. The highest BCUT2D eigenvalue weighted by molar-refractivity contribution is 7.98. The molecule has 1 aromatic carbocycles. The van der Waals surface area contributed by atoms with E-state index in [1.165, 1.54) is 0 Å². The zero-order valence-corrected chi connectivity index (χ0v) is 11.6. The minimum atomic E-state index is -0.0299. The van der Waals surface area contributed by atoms with Crippen molar-refractivity contribution in [1.29, 1.82) is 0 Å². The summed E-state index contributed by atoms with van der Waals surface area (Å²) in [5, 5.41) is 9.39. The Morgan fingerprint density at radius 1 is 1.44 bits per heavy atom. The molecule has 2 rings (SSSR count). The van der Waals surface area contributed by atoms with Gasteiger partial charge in [-0.1, -0.05) is 6.92 Å². The Balaban J connectivity index is 2.15. The second kappa shape index (κ2) is 5.76. The molecule has 3 nitrogen and oxygen atoms in total. The van der Waals surface area contributed by atoms with Crippen LogP contribution in [-0.4, -0.2) is 41.4 Å². The summed E-state index contributed by atoms with van der Waals surface area (Å²) in [4.78, 5) is 15.3. The molecule has 2 unspecified atom stereocenters. The fourth-order valence-electron chi connectivity index (χ4n) is 2.44. The van der Waals surface area contributed by atoms with E-state index >= 15 is 0 Å². The highest BCUT2D eigenvalue weighted by atomic mass is 32.2. The number of carbonyl (C=O) groups excluding carboxylic acids is 1. The zero-order valence-electron chi connectivity index (χ0n) is 10.8. The standard InChI is InChI=1S/C14H19NO2S/c1-10-7-8-15(13(10)9-16)14(17)11-3-5-12(18-2)6-4-11/h3-6,10,13,16H,7-9H2,1-2H3. The van der Waals surface area contributed by atoms with Gasteiger partial charge in [-0.25, -0.2) is 0 Å². The van der Waals surface area contributed by atoms with Crippen LogP contribution in [0, 0.1) is 5.92 Å². The van der Waals surface area contributed by atoms with Gasteiger partial charge in [-0.3, -0.25) is 4.79 Å². The molecule has 0 radical (unpaired) electrons. The Labute approximate surface area is 112 Å². The molecule has 1 N–H and O–H groups in total. The molecule has 0 saturated carbocycles. The Bertz CT molecular complexity index is 418. The summed E-state index contributed by atoms with van der Waals surface area (Å²) in [6.45, 7) is 2.89. The maximum atomic E-state index is 12.4. The van der Waals surface area contributed by atoms with E-state index in [4.69, 9.17) is 0 Å². The Hall–Kier alpha value is -1.00. The van der Waals surface area contributed by atoms with Crippen LogP contribution in [0.4, 0.5) is 0 Å². The van der Waals surface area contributed by atoms with Gasteiger partial charge in [0.1, 0.15) is 0 Å². The molecule has 1 aromatic rings. The third kappa shape index (κ3) is 2.54.